The van der Waals surface area contributed by atoms with Crippen LogP contribution in [-0.4, -0.2) is 61.8 Å². The van der Waals surface area contributed by atoms with Crippen LogP contribution in [0, 0.1) is 12.7 Å². The highest BCUT2D eigenvalue weighted by atomic mass is 19.1. The summed E-state index contributed by atoms with van der Waals surface area (Å²) in [5, 5.41) is 9.94. The fourth-order valence-corrected chi connectivity index (χ4v) is 4.52. The zero-order chi connectivity index (χ0) is 27.5. The topological polar surface area (TPSA) is 148 Å². The lowest BCUT2D eigenvalue weighted by Gasteiger charge is -2.25. The number of aryl methyl sites for hydroxylation is 1. The molecule has 12 heteroatoms. The molecular formula is C27H27FN8O3. The third-order valence-corrected chi connectivity index (χ3v) is 6.61. The number of hydrogen-bond acceptors (Lipinski definition) is 7. The van der Waals surface area contributed by atoms with E-state index in [1.54, 1.807) is 25.4 Å². The summed E-state index contributed by atoms with van der Waals surface area (Å²) in [6, 6.07) is 5.60. The minimum absolute atomic E-state index is 0.131. The predicted octanol–water partition coefficient (Wildman–Crippen LogP) is 3.01. The lowest BCUT2D eigenvalue weighted by Crippen LogP contribution is -2.36. The summed E-state index contributed by atoms with van der Waals surface area (Å²) in [5.74, 6) is -2.17. The van der Waals surface area contributed by atoms with Crippen LogP contribution in [0.5, 0.6) is 0 Å². The molecule has 0 saturated carbocycles. The van der Waals surface area contributed by atoms with E-state index in [4.69, 9.17) is 5.73 Å². The van der Waals surface area contributed by atoms with Gasteiger partial charge in [-0.1, -0.05) is 6.42 Å². The number of rotatable bonds is 7. The Morgan fingerprint density at radius 3 is 2.56 bits per heavy atom. The number of piperidine rings is 1. The van der Waals surface area contributed by atoms with Crippen molar-refractivity contribution >= 4 is 34.6 Å². The maximum absolute atomic E-state index is 13.9. The van der Waals surface area contributed by atoms with Gasteiger partial charge in [-0.25, -0.2) is 8.91 Å². The van der Waals surface area contributed by atoms with E-state index >= 15 is 0 Å². The molecule has 39 heavy (non-hydrogen) atoms. The average Bonchev–Trinajstić information content (AvgIpc) is 3.35. The number of primary amides is 1. The van der Waals surface area contributed by atoms with Crippen molar-refractivity contribution in [1.82, 2.24) is 24.5 Å². The van der Waals surface area contributed by atoms with Gasteiger partial charge in [-0.15, -0.1) is 0 Å². The molecule has 1 aromatic carbocycles. The maximum Gasteiger partial charge on any atom is 0.259 e. The number of nitrogens with zero attached hydrogens (tertiary/aromatic N) is 5. The third kappa shape index (κ3) is 5.75. The molecule has 3 aromatic heterocycles. The number of carbonyl (C=O) groups excluding carboxylic acids is 3. The maximum atomic E-state index is 13.9. The monoisotopic (exact) mass is 530 g/mol. The Morgan fingerprint density at radius 2 is 1.79 bits per heavy atom. The van der Waals surface area contributed by atoms with Crippen LogP contribution in [0.2, 0.25) is 0 Å². The van der Waals surface area contributed by atoms with Crippen molar-refractivity contribution in [2.24, 2.45) is 5.73 Å². The number of nitrogens with one attached hydrogen (secondary N) is 2. The van der Waals surface area contributed by atoms with E-state index in [0.717, 1.165) is 32.0 Å². The molecule has 4 aromatic rings. The Kier molecular flexibility index (Phi) is 7.28. The number of carbonyl (C=O) groups is 3. The van der Waals surface area contributed by atoms with E-state index in [1.807, 2.05) is 0 Å². The number of pyridine rings is 1. The molecule has 4 heterocycles. The van der Waals surface area contributed by atoms with Crippen LogP contribution in [0.25, 0.3) is 16.8 Å². The van der Waals surface area contributed by atoms with Crippen molar-refractivity contribution in [2.45, 2.75) is 26.2 Å². The molecule has 11 nitrogen and oxygen atoms in total. The second-order valence-electron chi connectivity index (χ2n) is 9.42. The fraction of sp³-hybridized carbons (Fsp3) is 0.259. The molecule has 1 saturated heterocycles. The third-order valence-electron chi connectivity index (χ3n) is 6.61. The van der Waals surface area contributed by atoms with Gasteiger partial charge in [0.25, 0.3) is 11.8 Å². The number of fused-ring (bicyclic) bond motifs is 1. The molecule has 3 amide bonds. The van der Waals surface area contributed by atoms with Crippen molar-refractivity contribution < 1.29 is 18.8 Å². The van der Waals surface area contributed by atoms with E-state index in [-0.39, 0.29) is 17.0 Å². The van der Waals surface area contributed by atoms with Gasteiger partial charge in [-0.2, -0.15) is 5.10 Å². The quantitative estimate of drug-likeness (QED) is 0.333. The van der Waals surface area contributed by atoms with Crippen molar-refractivity contribution in [2.75, 3.05) is 30.3 Å². The highest BCUT2D eigenvalue weighted by Crippen LogP contribution is 2.23. The predicted molar refractivity (Wildman–Crippen MR) is 143 cm³/mol. The largest absolute Gasteiger partial charge is 0.366 e. The number of anilines is 2. The van der Waals surface area contributed by atoms with Crippen LogP contribution >= 0.6 is 0 Å². The van der Waals surface area contributed by atoms with Crippen LogP contribution in [0.15, 0.2) is 49.1 Å². The Balaban J connectivity index is 1.31. The van der Waals surface area contributed by atoms with Gasteiger partial charge in [0.05, 0.1) is 70.7 Å². The highest BCUT2D eigenvalue weighted by Gasteiger charge is 2.18. The number of hydrogen-bond donors (Lipinski definition) is 3. The molecule has 1 aliphatic rings. The first-order valence-corrected chi connectivity index (χ1v) is 12.5. The summed E-state index contributed by atoms with van der Waals surface area (Å²) in [6.07, 6.45) is 9.37. The molecule has 1 fully saturated rings. The standard InChI is InChI=1S/C27H27FN8O3/c1-16-22(10-18(11-30-16)33-25(37)15-35-7-3-2-4-8-35)34-27(39)20-12-32-36-14-23(31-13-24(20)36)17-5-6-21(28)19(9-17)26(29)38/h5-6,9-14H,2-4,7-8,15H2,1H3,(H2,29,38)(H,33,37)(H,34,39). The summed E-state index contributed by atoms with van der Waals surface area (Å²) in [6.45, 7) is 3.89. The second kappa shape index (κ2) is 11.0. The number of aromatic nitrogens is 4. The van der Waals surface area contributed by atoms with E-state index in [1.165, 1.54) is 35.5 Å². The first-order valence-electron chi connectivity index (χ1n) is 12.5. The number of benzene rings is 1. The zero-order valence-corrected chi connectivity index (χ0v) is 21.3. The molecule has 0 radical (unpaired) electrons. The van der Waals surface area contributed by atoms with Crippen molar-refractivity contribution in [1.29, 1.82) is 0 Å². The van der Waals surface area contributed by atoms with Crippen molar-refractivity contribution in [3.05, 3.63) is 71.7 Å². The Labute approximate surface area is 223 Å². The Morgan fingerprint density at radius 1 is 1.00 bits per heavy atom. The normalized spacial score (nSPS) is 13.8. The number of likely N-dealkylation sites (tertiary alicyclic amines) is 1. The molecule has 1 aliphatic heterocycles. The van der Waals surface area contributed by atoms with Crippen molar-refractivity contribution in [3.63, 3.8) is 0 Å². The van der Waals surface area contributed by atoms with Gasteiger partial charge in [-0.05, 0) is 57.1 Å². The van der Waals surface area contributed by atoms with Gasteiger partial charge in [0.15, 0.2) is 0 Å². The van der Waals surface area contributed by atoms with Crippen LogP contribution in [0.4, 0.5) is 15.8 Å². The first kappa shape index (κ1) is 25.9. The smallest absolute Gasteiger partial charge is 0.259 e. The van der Waals surface area contributed by atoms with Crippen molar-refractivity contribution in [3.8, 4) is 11.3 Å². The van der Waals surface area contributed by atoms with E-state index in [2.05, 4.69) is 30.6 Å². The van der Waals surface area contributed by atoms with E-state index in [0.29, 0.717) is 40.4 Å². The van der Waals surface area contributed by atoms with Gasteiger partial charge in [-0.3, -0.25) is 29.3 Å². The number of nitrogens with two attached hydrogens (primary N) is 1. The Hall–Kier alpha value is -4.71. The lowest BCUT2D eigenvalue weighted by atomic mass is 10.1. The first-order chi connectivity index (χ1) is 18.8. The minimum Gasteiger partial charge on any atom is -0.366 e. The van der Waals surface area contributed by atoms with Gasteiger partial charge in [0.2, 0.25) is 5.91 Å². The molecule has 200 valence electrons. The van der Waals surface area contributed by atoms with E-state index < -0.39 is 17.6 Å². The summed E-state index contributed by atoms with van der Waals surface area (Å²) in [4.78, 5) is 47.9. The molecule has 5 rings (SSSR count). The SMILES string of the molecule is Cc1ncc(NC(=O)CN2CCCCC2)cc1NC(=O)c1cnn2cc(-c3ccc(F)c(C(N)=O)c3)ncc12. The average molecular weight is 531 g/mol. The molecule has 0 atom stereocenters. The van der Waals surface area contributed by atoms with E-state index in [9.17, 15) is 18.8 Å². The lowest BCUT2D eigenvalue weighted by molar-refractivity contribution is -0.117. The summed E-state index contributed by atoms with van der Waals surface area (Å²) in [5.41, 5.74) is 8.09. The van der Waals surface area contributed by atoms with Crippen LogP contribution in [-0.2, 0) is 4.79 Å². The van der Waals surface area contributed by atoms with Gasteiger partial charge in [0, 0.05) is 5.56 Å². The molecule has 4 N–H and O–H groups in total. The van der Waals surface area contributed by atoms with Gasteiger partial charge in [0.1, 0.15) is 5.82 Å². The summed E-state index contributed by atoms with van der Waals surface area (Å²) >= 11 is 0. The molecular weight excluding hydrogens is 503 g/mol. The molecule has 0 bridgehead atoms. The van der Waals surface area contributed by atoms with Crippen LogP contribution in [0.3, 0.4) is 0 Å². The highest BCUT2D eigenvalue weighted by molar-refractivity contribution is 6.09. The fourth-order valence-electron chi connectivity index (χ4n) is 4.52. The van der Waals surface area contributed by atoms with Crippen LogP contribution < -0.4 is 16.4 Å². The summed E-state index contributed by atoms with van der Waals surface area (Å²) in [7, 11) is 0. The minimum atomic E-state index is -0.885. The zero-order valence-electron chi connectivity index (χ0n) is 21.3. The number of amides is 3. The van der Waals surface area contributed by atoms with Crippen LogP contribution in [0.1, 0.15) is 45.7 Å². The molecule has 0 aliphatic carbocycles. The second-order valence-corrected chi connectivity index (χ2v) is 9.42. The molecule has 0 unspecified atom stereocenters. The number of halogens is 1. The summed E-state index contributed by atoms with van der Waals surface area (Å²) < 4.78 is 15.3. The van der Waals surface area contributed by atoms with Gasteiger partial charge < -0.3 is 16.4 Å². The Bertz CT molecular complexity index is 1580. The molecule has 0 spiro atoms. The van der Waals surface area contributed by atoms with Gasteiger partial charge >= 0.3 is 0 Å².